The van der Waals surface area contributed by atoms with Crippen LogP contribution in [0.3, 0.4) is 0 Å². The lowest BCUT2D eigenvalue weighted by Gasteiger charge is -2.15. The fraction of sp³-hybridized carbons (Fsp3) is 0.312. The summed E-state index contributed by atoms with van der Waals surface area (Å²) in [5.41, 5.74) is 5.03. The molecule has 0 N–H and O–H groups in total. The Morgan fingerprint density at radius 3 is 2.53 bits per heavy atom. The van der Waals surface area contributed by atoms with E-state index in [1.165, 1.54) is 5.57 Å². The highest BCUT2D eigenvalue weighted by atomic mass is 14.2. The summed E-state index contributed by atoms with van der Waals surface area (Å²) in [4.78, 5) is 0. The number of hydrogen-bond donors (Lipinski definition) is 0. The molecule has 0 aliphatic heterocycles. The molecule has 0 saturated carbocycles. The van der Waals surface area contributed by atoms with Crippen LogP contribution in [0, 0.1) is 5.41 Å². The Morgan fingerprint density at radius 1 is 1.35 bits per heavy atom. The Hall–Kier alpha value is -1.46. The molecule has 0 aromatic carbocycles. The lowest BCUT2D eigenvalue weighted by Crippen LogP contribution is -2.03. The molecule has 1 aliphatic carbocycles. The summed E-state index contributed by atoms with van der Waals surface area (Å²) in [5, 5.41) is 0.0942. The second kappa shape index (κ2) is 4.81. The number of allylic oxidation sites excluding steroid dienone is 8. The van der Waals surface area contributed by atoms with Crippen molar-refractivity contribution >= 4 is 7.85 Å². The quantitative estimate of drug-likeness (QED) is 0.494. The van der Waals surface area contributed by atoms with Crippen LogP contribution in [0.1, 0.15) is 20.8 Å². The summed E-state index contributed by atoms with van der Waals surface area (Å²) in [6.07, 6.45) is 12.8. The molecule has 1 atom stereocenters. The molecule has 0 fully saturated rings. The molecule has 1 aliphatic rings. The van der Waals surface area contributed by atoms with E-state index in [0.29, 0.717) is 0 Å². The number of rotatable bonds is 2. The Morgan fingerprint density at radius 2 is 1.94 bits per heavy atom. The van der Waals surface area contributed by atoms with Gasteiger partial charge >= 0.3 is 0 Å². The Bertz CT molecular complexity index is 450. The van der Waals surface area contributed by atoms with Crippen molar-refractivity contribution in [1.82, 2.24) is 0 Å². The van der Waals surface area contributed by atoms with Gasteiger partial charge in [0, 0.05) is 5.41 Å². The molecule has 0 bridgehead atoms. The molecular formula is C16H21B. The fourth-order valence-corrected chi connectivity index (χ4v) is 1.73. The maximum Gasteiger partial charge on any atom is 0.119 e. The van der Waals surface area contributed by atoms with Gasteiger partial charge in [-0.2, -0.15) is 0 Å². The molecule has 1 heteroatoms. The molecule has 0 radical (unpaired) electrons. The van der Waals surface area contributed by atoms with E-state index in [0.717, 1.165) is 5.57 Å². The standard InChI is InChI=1S/C16H21B/c1-6-9-15(3,4)12-14-8-11-16(5,17)10-7-13(14)2/h7-12H,1-2,17H2,3-5H3/b14-12-. The second-order valence-corrected chi connectivity index (χ2v) is 5.78. The third kappa shape index (κ3) is 4.13. The van der Waals surface area contributed by atoms with Crippen molar-refractivity contribution in [3.05, 3.63) is 66.5 Å². The molecule has 17 heavy (non-hydrogen) atoms. The molecule has 0 amide bonds. The van der Waals surface area contributed by atoms with Crippen LogP contribution in [0.4, 0.5) is 0 Å². The van der Waals surface area contributed by atoms with Crippen LogP contribution in [0.15, 0.2) is 66.5 Å². The SMILES string of the molecule is BC1(C)C=CC(=C)/C(=C\C(C)(C)C=C=C)C=C1. The van der Waals surface area contributed by atoms with E-state index in [9.17, 15) is 0 Å². The maximum atomic E-state index is 4.11. The van der Waals surface area contributed by atoms with Gasteiger partial charge in [-0.1, -0.05) is 64.3 Å². The van der Waals surface area contributed by atoms with E-state index in [4.69, 9.17) is 0 Å². The lowest BCUT2D eigenvalue weighted by atomic mass is 9.70. The molecule has 0 aromatic rings. The van der Waals surface area contributed by atoms with Gasteiger partial charge in [0.25, 0.3) is 0 Å². The van der Waals surface area contributed by atoms with E-state index in [2.05, 4.69) is 77.9 Å². The van der Waals surface area contributed by atoms with E-state index in [1.54, 1.807) is 0 Å². The van der Waals surface area contributed by atoms with Crippen LogP contribution in [0.2, 0.25) is 5.31 Å². The molecule has 88 valence electrons. The molecule has 0 saturated heterocycles. The third-order valence-electron chi connectivity index (χ3n) is 2.78. The van der Waals surface area contributed by atoms with Gasteiger partial charge in [-0.25, -0.2) is 0 Å². The highest BCUT2D eigenvalue weighted by molar-refractivity contribution is 6.18. The summed E-state index contributed by atoms with van der Waals surface area (Å²) in [6.45, 7) is 14.2. The predicted molar refractivity (Wildman–Crippen MR) is 79.9 cm³/mol. The van der Waals surface area contributed by atoms with Crippen molar-refractivity contribution in [2.75, 3.05) is 0 Å². The number of hydrogen-bond acceptors (Lipinski definition) is 0. The second-order valence-electron chi connectivity index (χ2n) is 5.78. The molecule has 0 aromatic heterocycles. The Labute approximate surface area is 106 Å². The van der Waals surface area contributed by atoms with Crippen molar-refractivity contribution in [2.24, 2.45) is 5.41 Å². The van der Waals surface area contributed by atoms with Crippen molar-refractivity contribution in [3.63, 3.8) is 0 Å². The first-order chi connectivity index (χ1) is 7.76. The first-order valence-corrected chi connectivity index (χ1v) is 5.93. The van der Waals surface area contributed by atoms with Crippen LogP contribution in [-0.2, 0) is 0 Å². The van der Waals surface area contributed by atoms with Gasteiger partial charge < -0.3 is 0 Å². The molecule has 0 nitrogen and oxygen atoms in total. The minimum Gasteiger partial charge on any atom is -0.132 e. The van der Waals surface area contributed by atoms with E-state index >= 15 is 0 Å². The lowest BCUT2D eigenvalue weighted by molar-refractivity contribution is 0.624. The average molecular weight is 224 g/mol. The van der Waals surface area contributed by atoms with Crippen LogP contribution < -0.4 is 0 Å². The van der Waals surface area contributed by atoms with Gasteiger partial charge in [0.2, 0.25) is 0 Å². The Kier molecular flexibility index (Phi) is 3.85. The highest BCUT2D eigenvalue weighted by Gasteiger charge is 2.16. The minimum atomic E-state index is -0.0489. The topological polar surface area (TPSA) is 0 Å². The average Bonchev–Trinajstić information content (AvgIpc) is 2.31. The summed E-state index contributed by atoms with van der Waals surface area (Å²) in [6, 6.07) is 0. The van der Waals surface area contributed by atoms with Gasteiger partial charge in [0.05, 0.1) is 0 Å². The van der Waals surface area contributed by atoms with E-state index in [-0.39, 0.29) is 10.7 Å². The minimum absolute atomic E-state index is 0.0489. The van der Waals surface area contributed by atoms with Gasteiger partial charge in [-0.05, 0) is 22.5 Å². The fourth-order valence-electron chi connectivity index (χ4n) is 1.73. The van der Waals surface area contributed by atoms with Crippen molar-refractivity contribution in [2.45, 2.75) is 26.1 Å². The van der Waals surface area contributed by atoms with Crippen molar-refractivity contribution in [3.8, 4) is 0 Å². The Balaban J connectivity index is 3.15. The maximum absolute atomic E-state index is 4.11. The zero-order valence-corrected chi connectivity index (χ0v) is 11.4. The van der Waals surface area contributed by atoms with Gasteiger partial charge in [0.1, 0.15) is 7.85 Å². The van der Waals surface area contributed by atoms with Gasteiger partial charge in [-0.3, -0.25) is 0 Å². The molecule has 1 unspecified atom stereocenters. The normalized spacial score (nSPS) is 26.8. The summed E-state index contributed by atoms with van der Waals surface area (Å²) < 4.78 is 0. The summed E-state index contributed by atoms with van der Waals surface area (Å²) in [7, 11) is 2.19. The molecule has 1 rings (SSSR count). The third-order valence-corrected chi connectivity index (χ3v) is 2.78. The monoisotopic (exact) mass is 224 g/mol. The van der Waals surface area contributed by atoms with Crippen LogP contribution in [0.5, 0.6) is 0 Å². The summed E-state index contributed by atoms with van der Waals surface area (Å²) >= 11 is 0. The molecular weight excluding hydrogens is 203 g/mol. The zero-order chi connectivity index (χ0) is 13.1. The van der Waals surface area contributed by atoms with Crippen LogP contribution in [0.25, 0.3) is 0 Å². The summed E-state index contributed by atoms with van der Waals surface area (Å²) in [5.74, 6) is 0. The first kappa shape index (κ1) is 13.6. The van der Waals surface area contributed by atoms with Gasteiger partial charge in [-0.15, -0.1) is 5.73 Å². The largest absolute Gasteiger partial charge is 0.132 e. The first-order valence-electron chi connectivity index (χ1n) is 5.93. The van der Waals surface area contributed by atoms with E-state index < -0.39 is 0 Å². The predicted octanol–water partition coefficient (Wildman–Crippen LogP) is 3.77. The van der Waals surface area contributed by atoms with Crippen molar-refractivity contribution in [1.29, 1.82) is 0 Å². The highest BCUT2D eigenvalue weighted by Crippen LogP contribution is 2.32. The smallest absolute Gasteiger partial charge is 0.119 e. The van der Waals surface area contributed by atoms with Crippen molar-refractivity contribution < 1.29 is 0 Å². The van der Waals surface area contributed by atoms with Crippen LogP contribution in [-0.4, -0.2) is 7.85 Å². The van der Waals surface area contributed by atoms with E-state index in [1.807, 2.05) is 6.08 Å². The molecule has 0 heterocycles. The van der Waals surface area contributed by atoms with Gasteiger partial charge in [0.15, 0.2) is 0 Å². The molecule has 0 spiro atoms. The van der Waals surface area contributed by atoms with Crippen LogP contribution >= 0.6 is 0 Å². The zero-order valence-electron chi connectivity index (χ0n) is 11.4.